The van der Waals surface area contributed by atoms with Crippen molar-refractivity contribution in [1.29, 1.82) is 0 Å². The van der Waals surface area contributed by atoms with Crippen molar-refractivity contribution in [2.24, 2.45) is 0 Å². The molecule has 1 heterocycles. The van der Waals surface area contributed by atoms with Crippen molar-refractivity contribution in [2.75, 3.05) is 7.05 Å². The summed E-state index contributed by atoms with van der Waals surface area (Å²) in [5.74, 6) is -0.826. The highest BCUT2D eigenvalue weighted by Gasteiger charge is 2.16. The first kappa shape index (κ1) is 12.4. The third kappa shape index (κ3) is 2.59. The molecule has 3 nitrogen and oxygen atoms in total. The average Bonchev–Trinajstić information content (AvgIpc) is 2.81. The molecule has 0 atom stereocenters. The Balaban J connectivity index is 2.15. The fraction of sp³-hybridized carbons (Fsp3) is 0.214. The number of hydrogen-bond acceptors (Lipinski definition) is 2. The molecule has 0 N–H and O–H groups in total. The van der Waals surface area contributed by atoms with Gasteiger partial charge in [-0.3, -0.25) is 4.79 Å². The molecule has 0 saturated heterocycles. The molecule has 0 aliphatic rings. The van der Waals surface area contributed by atoms with Crippen LogP contribution in [0.5, 0.6) is 0 Å². The number of rotatable bonds is 3. The standard InChI is InChI=1S/C14H14FNO2/c1-10-3-4-12(13(15)7-10)14(17)16(2)8-11-5-6-18-9-11/h3-7,9H,8H2,1-2H3. The fourth-order valence-corrected chi connectivity index (χ4v) is 1.73. The molecule has 4 heteroatoms. The van der Waals surface area contributed by atoms with Gasteiger partial charge < -0.3 is 9.32 Å². The fourth-order valence-electron chi connectivity index (χ4n) is 1.73. The number of nitrogens with zero attached hydrogens (tertiary/aromatic N) is 1. The largest absolute Gasteiger partial charge is 0.472 e. The number of furan rings is 1. The molecule has 2 aromatic rings. The molecule has 18 heavy (non-hydrogen) atoms. The summed E-state index contributed by atoms with van der Waals surface area (Å²) < 4.78 is 18.6. The molecule has 0 bridgehead atoms. The summed E-state index contributed by atoms with van der Waals surface area (Å²) in [6.45, 7) is 2.18. The average molecular weight is 247 g/mol. The predicted molar refractivity (Wildman–Crippen MR) is 65.6 cm³/mol. The summed E-state index contributed by atoms with van der Waals surface area (Å²) in [5, 5.41) is 0. The molecule has 1 aromatic carbocycles. The van der Waals surface area contributed by atoms with Gasteiger partial charge in [0.25, 0.3) is 5.91 Å². The topological polar surface area (TPSA) is 33.5 Å². The second-order valence-electron chi connectivity index (χ2n) is 4.28. The van der Waals surface area contributed by atoms with Crippen molar-refractivity contribution < 1.29 is 13.6 Å². The zero-order chi connectivity index (χ0) is 13.1. The maximum atomic E-state index is 13.7. The molecule has 0 radical (unpaired) electrons. The third-order valence-corrected chi connectivity index (χ3v) is 2.70. The van der Waals surface area contributed by atoms with Gasteiger partial charge in [-0.15, -0.1) is 0 Å². The summed E-state index contributed by atoms with van der Waals surface area (Å²) >= 11 is 0. The molecule has 1 amide bonds. The van der Waals surface area contributed by atoms with E-state index in [9.17, 15) is 9.18 Å². The van der Waals surface area contributed by atoms with E-state index in [4.69, 9.17) is 4.42 Å². The van der Waals surface area contributed by atoms with Gasteiger partial charge >= 0.3 is 0 Å². The Hall–Kier alpha value is -2.10. The number of carbonyl (C=O) groups excluding carboxylic acids is 1. The smallest absolute Gasteiger partial charge is 0.256 e. The third-order valence-electron chi connectivity index (χ3n) is 2.70. The lowest BCUT2D eigenvalue weighted by Crippen LogP contribution is -2.26. The van der Waals surface area contributed by atoms with Gasteiger partial charge in [0, 0.05) is 19.2 Å². The van der Waals surface area contributed by atoms with E-state index in [1.807, 2.05) is 0 Å². The van der Waals surface area contributed by atoms with Crippen molar-refractivity contribution in [3.8, 4) is 0 Å². The normalized spacial score (nSPS) is 10.4. The van der Waals surface area contributed by atoms with Gasteiger partial charge in [0.15, 0.2) is 0 Å². The summed E-state index contributed by atoms with van der Waals surface area (Å²) in [5.41, 5.74) is 1.76. The molecule has 0 unspecified atom stereocenters. The molecule has 94 valence electrons. The molecular weight excluding hydrogens is 233 g/mol. The Morgan fingerprint density at radius 2 is 2.17 bits per heavy atom. The first-order valence-corrected chi connectivity index (χ1v) is 5.60. The first-order chi connectivity index (χ1) is 8.58. The van der Waals surface area contributed by atoms with E-state index in [1.54, 1.807) is 38.6 Å². The summed E-state index contributed by atoms with van der Waals surface area (Å²) in [6, 6.07) is 6.37. The second-order valence-corrected chi connectivity index (χ2v) is 4.28. The van der Waals surface area contributed by atoms with E-state index < -0.39 is 5.82 Å². The van der Waals surface area contributed by atoms with E-state index in [-0.39, 0.29) is 11.5 Å². The highest BCUT2D eigenvalue weighted by atomic mass is 19.1. The maximum Gasteiger partial charge on any atom is 0.256 e. The van der Waals surface area contributed by atoms with Crippen LogP contribution in [0.2, 0.25) is 0 Å². The molecule has 0 aliphatic carbocycles. The van der Waals surface area contributed by atoms with Crippen LogP contribution in [0.1, 0.15) is 21.5 Å². The Kier molecular flexibility index (Phi) is 3.46. The van der Waals surface area contributed by atoms with E-state index in [0.717, 1.165) is 11.1 Å². The van der Waals surface area contributed by atoms with E-state index >= 15 is 0 Å². The minimum atomic E-state index is -0.487. The molecule has 0 saturated carbocycles. The van der Waals surface area contributed by atoms with Crippen LogP contribution in [0, 0.1) is 12.7 Å². The lowest BCUT2D eigenvalue weighted by atomic mass is 10.1. The number of carbonyl (C=O) groups is 1. The Bertz CT molecular complexity index is 549. The summed E-state index contributed by atoms with van der Waals surface area (Å²) in [4.78, 5) is 13.5. The lowest BCUT2D eigenvalue weighted by Gasteiger charge is -2.16. The second kappa shape index (κ2) is 5.04. The van der Waals surface area contributed by atoms with Gasteiger partial charge in [0.2, 0.25) is 0 Å². The monoisotopic (exact) mass is 247 g/mol. The quantitative estimate of drug-likeness (QED) is 0.835. The van der Waals surface area contributed by atoms with Crippen LogP contribution in [0.3, 0.4) is 0 Å². The Morgan fingerprint density at radius 3 is 2.78 bits per heavy atom. The van der Waals surface area contributed by atoms with E-state index in [2.05, 4.69) is 0 Å². The number of aryl methyl sites for hydroxylation is 1. The van der Waals surface area contributed by atoms with Crippen LogP contribution >= 0.6 is 0 Å². The molecule has 0 aliphatic heterocycles. The molecule has 1 aromatic heterocycles. The molecule has 0 fully saturated rings. The summed E-state index contributed by atoms with van der Waals surface area (Å²) in [6.07, 6.45) is 3.11. The molecule has 0 spiro atoms. The van der Waals surface area contributed by atoms with E-state index in [0.29, 0.717) is 6.54 Å². The zero-order valence-electron chi connectivity index (χ0n) is 10.3. The summed E-state index contributed by atoms with van der Waals surface area (Å²) in [7, 11) is 1.63. The highest BCUT2D eigenvalue weighted by molar-refractivity contribution is 5.94. The minimum Gasteiger partial charge on any atom is -0.472 e. The number of halogens is 1. The van der Waals surface area contributed by atoms with Gasteiger partial charge in [0.1, 0.15) is 5.82 Å². The number of benzene rings is 1. The zero-order valence-corrected chi connectivity index (χ0v) is 10.3. The Morgan fingerprint density at radius 1 is 1.39 bits per heavy atom. The van der Waals surface area contributed by atoms with Crippen molar-refractivity contribution >= 4 is 5.91 Å². The van der Waals surface area contributed by atoms with Crippen LogP contribution in [0.15, 0.2) is 41.2 Å². The van der Waals surface area contributed by atoms with Crippen LogP contribution in [-0.2, 0) is 6.54 Å². The van der Waals surface area contributed by atoms with Crippen molar-refractivity contribution in [3.63, 3.8) is 0 Å². The lowest BCUT2D eigenvalue weighted by molar-refractivity contribution is 0.0780. The van der Waals surface area contributed by atoms with E-state index in [1.165, 1.54) is 17.0 Å². The predicted octanol–water partition coefficient (Wildman–Crippen LogP) is 3.00. The molecular formula is C14H14FNO2. The molecule has 2 rings (SSSR count). The SMILES string of the molecule is Cc1ccc(C(=O)N(C)Cc2ccoc2)c(F)c1. The van der Waals surface area contributed by atoms with Crippen molar-refractivity contribution in [2.45, 2.75) is 13.5 Å². The number of amides is 1. The van der Waals surface area contributed by atoms with Gasteiger partial charge in [-0.05, 0) is 30.7 Å². The van der Waals surface area contributed by atoms with Gasteiger partial charge in [-0.25, -0.2) is 4.39 Å². The maximum absolute atomic E-state index is 13.7. The van der Waals surface area contributed by atoms with Crippen molar-refractivity contribution in [3.05, 3.63) is 59.3 Å². The highest BCUT2D eigenvalue weighted by Crippen LogP contribution is 2.13. The van der Waals surface area contributed by atoms with Gasteiger partial charge in [0.05, 0.1) is 18.1 Å². The first-order valence-electron chi connectivity index (χ1n) is 5.60. The van der Waals surface area contributed by atoms with Crippen LogP contribution in [0.4, 0.5) is 4.39 Å². The Labute approximate surface area is 105 Å². The van der Waals surface area contributed by atoms with Crippen LogP contribution in [-0.4, -0.2) is 17.9 Å². The van der Waals surface area contributed by atoms with Gasteiger partial charge in [-0.1, -0.05) is 6.07 Å². The van der Waals surface area contributed by atoms with Gasteiger partial charge in [-0.2, -0.15) is 0 Å². The van der Waals surface area contributed by atoms with Crippen LogP contribution < -0.4 is 0 Å². The van der Waals surface area contributed by atoms with Crippen molar-refractivity contribution in [1.82, 2.24) is 4.90 Å². The van der Waals surface area contributed by atoms with Crippen LogP contribution in [0.25, 0.3) is 0 Å². The number of hydrogen-bond donors (Lipinski definition) is 0. The minimum absolute atomic E-state index is 0.0894.